The van der Waals surface area contributed by atoms with Gasteiger partial charge in [0.05, 0.1) is 26.4 Å². The van der Waals surface area contributed by atoms with Crippen LogP contribution in [0.15, 0.2) is 41.6 Å². The summed E-state index contributed by atoms with van der Waals surface area (Å²) in [4.78, 5) is 28.9. The number of rotatable bonds is 18. The molecule has 0 fully saturated rings. The number of esters is 1. The predicted molar refractivity (Wildman–Crippen MR) is 160 cm³/mol. The van der Waals surface area contributed by atoms with Gasteiger partial charge in [0.25, 0.3) is 5.91 Å². The van der Waals surface area contributed by atoms with Crippen molar-refractivity contribution >= 4 is 17.6 Å². The number of amides is 1. The smallest absolute Gasteiger partial charge is 0.306 e. The molecule has 9 nitrogen and oxygen atoms in total. The molecule has 0 aliphatic carbocycles. The van der Waals surface area contributed by atoms with Gasteiger partial charge in [0.15, 0.2) is 6.61 Å². The molecular weight excluding hydrogens is 524 g/mol. The minimum absolute atomic E-state index is 0.199. The standard InChI is InChI=1S/C32H46N2O7/c1-8-37-31(36)14-10-24-15-25(9-13-28(24)39-18-22(4)5)32(34-41-20-30(33)35)27-12-11-26(38-17-21(2)3)16-29(27)40-19-23(6)7/h9,11-13,15-16,21-23H,8,10,14,17-20H2,1-7H3,(H2,33,35). The van der Waals surface area contributed by atoms with Gasteiger partial charge in [0, 0.05) is 23.6 Å². The van der Waals surface area contributed by atoms with Crippen LogP contribution in [-0.2, 0) is 25.6 Å². The van der Waals surface area contributed by atoms with Gasteiger partial charge in [-0.1, -0.05) is 46.7 Å². The number of hydrogen-bond acceptors (Lipinski definition) is 8. The van der Waals surface area contributed by atoms with Crippen LogP contribution in [0, 0.1) is 17.8 Å². The molecule has 0 aromatic heterocycles. The van der Waals surface area contributed by atoms with Gasteiger partial charge >= 0.3 is 5.97 Å². The summed E-state index contributed by atoms with van der Waals surface area (Å²) in [7, 11) is 0. The predicted octanol–water partition coefficient (Wildman–Crippen LogP) is 5.54. The first-order valence-electron chi connectivity index (χ1n) is 14.3. The molecule has 226 valence electrons. The summed E-state index contributed by atoms with van der Waals surface area (Å²) >= 11 is 0. The Hall–Kier alpha value is -3.75. The maximum absolute atomic E-state index is 12.2. The first kappa shape index (κ1) is 33.5. The SMILES string of the molecule is CCOC(=O)CCc1cc(C(=NOCC(N)=O)c2ccc(OCC(C)C)cc2OCC(C)C)ccc1OCC(C)C. The van der Waals surface area contributed by atoms with Gasteiger partial charge in [0.1, 0.15) is 23.0 Å². The Bertz CT molecular complexity index is 1160. The molecule has 0 atom stereocenters. The topological polar surface area (TPSA) is 119 Å². The molecule has 2 aromatic carbocycles. The van der Waals surface area contributed by atoms with Gasteiger partial charge in [-0.3, -0.25) is 9.59 Å². The minimum Gasteiger partial charge on any atom is -0.493 e. The molecule has 0 aliphatic rings. The largest absolute Gasteiger partial charge is 0.493 e. The number of carbonyl (C=O) groups is 2. The van der Waals surface area contributed by atoms with Crippen LogP contribution >= 0.6 is 0 Å². The average Bonchev–Trinajstić information content (AvgIpc) is 2.91. The molecule has 1 amide bonds. The van der Waals surface area contributed by atoms with Crippen molar-refractivity contribution in [3.8, 4) is 17.2 Å². The second-order valence-electron chi connectivity index (χ2n) is 11.1. The number of aryl methyl sites for hydroxylation is 1. The fraction of sp³-hybridized carbons (Fsp3) is 0.531. The molecule has 2 aromatic rings. The quantitative estimate of drug-likeness (QED) is 0.142. The minimum atomic E-state index is -0.644. The summed E-state index contributed by atoms with van der Waals surface area (Å²) in [5.41, 5.74) is 7.90. The number of oxime groups is 1. The number of nitrogens with zero attached hydrogens (tertiary/aromatic N) is 1. The van der Waals surface area contributed by atoms with E-state index in [0.717, 1.165) is 5.56 Å². The molecule has 0 bridgehead atoms. The van der Waals surface area contributed by atoms with E-state index in [4.69, 9.17) is 29.5 Å². The van der Waals surface area contributed by atoms with E-state index in [1.54, 1.807) is 6.92 Å². The molecule has 2 N–H and O–H groups in total. The Morgan fingerprint density at radius 1 is 0.829 bits per heavy atom. The number of benzene rings is 2. The van der Waals surface area contributed by atoms with E-state index in [1.807, 2.05) is 36.4 Å². The fourth-order valence-electron chi connectivity index (χ4n) is 3.63. The first-order chi connectivity index (χ1) is 19.5. The zero-order valence-corrected chi connectivity index (χ0v) is 25.5. The molecular formula is C32H46N2O7. The lowest BCUT2D eigenvalue weighted by Crippen LogP contribution is -2.18. The van der Waals surface area contributed by atoms with Gasteiger partial charge in [-0.05, 0) is 67.0 Å². The third-order valence-electron chi connectivity index (χ3n) is 5.54. The lowest BCUT2D eigenvalue weighted by atomic mass is 9.97. The van der Waals surface area contributed by atoms with Crippen molar-refractivity contribution in [2.45, 2.75) is 61.3 Å². The Labute approximate surface area is 244 Å². The highest BCUT2D eigenvalue weighted by atomic mass is 16.6. The summed E-state index contributed by atoms with van der Waals surface area (Å²) < 4.78 is 23.4. The summed E-state index contributed by atoms with van der Waals surface area (Å²) in [6, 6.07) is 11.2. The van der Waals surface area contributed by atoms with Crippen molar-refractivity contribution in [1.29, 1.82) is 0 Å². The zero-order chi connectivity index (χ0) is 30.4. The monoisotopic (exact) mass is 570 g/mol. The van der Waals surface area contributed by atoms with Crippen LogP contribution in [-0.4, -0.2) is 50.6 Å². The summed E-state index contributed by atoms with van der Waals surface area (Å²) in [6.45, 7) is 15.7. The number of primary amides is 1. The molecule has 0 aliphatic heterocycles. The fourth-order valence-corrected chi connectivity index (χ4v) is 3.63. The Kier molecular flexibility index (Phi) is 14.0. The van der Waals surface area contributed by atoms with Crippen LogP contribution in [0.3, 0.4) is 0 Å². The Morgan fingerprint density at radius 2 is 1.46 bits per heavy atom. The number of carbonyl (C=O) groups excluding carboxylic acids is 2. The van der Waals surface area contributed by atoms with Crippen molar-refractivity contribution in [1.82, 2.24) is 0 Å². The maximum atomic E-state index is 12.2. The highest BCUT2D eigenvalue weighted by Crippen LogP contribution is 2.31. The van der Waals surface area contributed by atoms with E-state index < -0.39 is 5.91 Å². The van der Waals surface area contributed by atoms with Gasteiger partial charge in [-0.2, -0.15) is 0 Å². The van der Waals surface area contributed by atoms with Crippen molar-refractivity contribution in [2.24, 2.45) is 28.6 Å². The third kappa shape index (κ3) is 12.1. The van der Waals surface area contributed by atoms with E-state index in [0.29, 0.717) is 78.8 Å². The Balaban J connectivity index is 2.60. The molecule has 0 radical (unpaired) electrons. The van der Waals surface area contributed by atoms with Crippen LogP contribution in [0.25, 0.3) is 0 Å². The van der Waals surface area contributed by atoms with E-state index in [-0.39, 0.29) is 24.9 Å². The van der Waals surface area contributed by atoms with Gasteiger partial charge < -0.3 is 29.5 Å². The highest BCUT2D eigenvalue weighted by molar-refractivity contribution is 6.14. The van der Waals surface area contributed by atoms with Crippen molar-refractivity contribution in [3.05, 3.63) is 53.1 Å². The highest BCUT2D eigenvalue weighted by Gasteiger charge is 2.19. The van der Waals surface area contributed by atoms with Crippen LogP contribution < -0.4 is 19.9 Å². The summed E-state index contributed by atoms with van der Waals surface area (Å²) in [5.74, 6) is 1.95. The normalized spacial score (nSPS) is 11.6. The summed E-state index contributed by atoms with van der Waals surface area (Å²) in [5, 5.41) is 4.33. The molecule has 0 heterocycles. The van der Waals surface area contributed by atoms with Crippen LogP contribution in [0.4, 0.5) is 0 Å². The van der Waals surface area contributed by atoms with Crippen LogP contribution in [0.5, 0.6) is 17.2 Å². The van der Waals surface area contributed by atoms with E-state index in [1.165, 1.54) is 0 Å². The molecule has 41 heavy (non-hydrogen) atoms. The molecule has 2 rings (SSSR count). The van der Waals surface area contributed by atoms with Gasteiger partial charge in [0.2, 0.25) is 0 Å². The molecule has 0 unspecified atom stereocenters. The number of hydrogen-bond donors (Lipinski definition) is 1. The molecule has 0 spiro atoms. The van der Waals surface area contributed by atoms with Crippen LogP contribution in [0.2, 0.25) is 0 Å². The lowest BCUT2D eigenvalue weighted by Gasteiger charge is -2.18. The number of nitrogens with two attached hydrogens (primary N) is 1. The van der Waals surface area contributed by atoms with Gasteiger partial charge in [-0.25, -0.2) is 0 Å². The second kappa shape index (κ2) is 17.1. The third-order valence-corrected chi connectivity index (χ3v) is 5.54. The van der Waals surface area contributed by atoms with Crippen molar-refractivity contribution in [2.75, 3.05) is 33.0 Å². The first-order valence-corrected chi connectivity index (χ1v) is 14.3. The van der Waals surface area contributed by atoms with Crippen molar-refractivity contribution in [3.63, 3.8) is 0 Å². The lowest BCUT2D eigenvalue weighted by molar-refractivity contribution is -0.143. The van der Waals surface area contributed by atoms with Crippen LogP contribution in [0.1, 0.15) is 71.6 Å². The van der Waals surface area contributed by atoms with E-state index in [2.05, 4.69) is 46.7 Å². The number of ether oxygens (including phenoxy) is 4. The molecule has 0 saturated carbocycles. The van der Waals surface area contributed by atoms with Crippen molar-refractivity contribution < 1.29 is 33.4 Å². The Morgan fingerprint density at radius 3 is 2.07 bits per heavy atom. The van der Waals surface area contributed by atoms with Gasteiger partial charge in [-0.15, -0.1) is 0 Å². The maximum Gasteiger partial charge on any atom is 0.306 e. The average molecular weight is 571 g/mol. The van der Waals surface area contributed by atoms with E-state index >= 15 is 0 Å². The van der Waals surface area contributed by atoms with E-state index in [9.17, 15) is 9.59 Å². The summed E-state index contributed by atoms with van der Waals surface area (Å²) in [6.07, 6.45) is 0.610. The second-order valence-corrected chi connectivity index (χ2v) is 11.1. The zero-order valence-electron chi connectivity index (χ0n) is 25.5. The molecule has 0 saturated heterocycles. The molecule has 9 heteroatoms.